The Labute approximate surface area is 343 Å². The average molecular weight is 756 g/mol. The molecular weight excluding hydrogens is 715 g/mol. The number of benzene rings is 8. The van der Waals surface area contributed by atoms with E-state index in [4.69, 9.17) is 9.40 Å². The Morgan fingerprint density at radius 1 is 0.441 bits per heavy atom. The summed E-state index contributed by atoms with van der Waals surface area (Å²) in [6, 6.07) is 61.3. The van der Waals surface area contributed by atoms with Crippen molar-refractivity contribution in [3.63, 3.8) is 0 Å². The van der Waals surface area contributed by atoms with Crippen molar-refractivity contribution in [2.45, 2.75) is 37.5 Å². The first-order valence-electron chi connectivity index (χ1n) is 21.7. The number of aromatic nitrogens is 1. The number of nitrogens with zero attached hydrogens (tertiary/aromatic N) is 1. The summed E-state index contributed by atoms with van der Waals surface area (Å²) >= 11 is 0. The highest BCUT2D eigenvalue weighted by Gasteiger charge is 2.62. The summed E-state index contributed by atoms with van der Waals surface area (Å²) in [5.74, 6) is 2.95. The Balaban J connectivity index is 1.08. The minimum absolute atomic E-state index is 0.0455. The molecule has 5 aliphatic carbocycles. The molecule has 2 nitrogen and oxygen atoms in total. The second kappa shape index (κ2) is 11.8. The van der Waals surface area contributed by atoms with Crippen LogP contribution in [-0.2, 0) is 5.41 Å². The topological polar surface area (TPSA) is 26.0 Å². The molecule has 0 radical (unpaired) electrons. The zero-order valence-corrected chi connectivity index (χ0v) is 32.8. The highest BCUT2D eigenvalue weighted by atomic mass is 16.3. The SMILES string of the molecule is c1cc(-c2cc3ccc4ccccc4c3nc2-c2ccc3ccccc3c2)c2c(c1)-c1c(-c3ccc4oc5ccccc5c4c3)cccc1C21C2CC3CC(C2)CC1C3. The molecule has 0 saturated heterocycles. The third-order valence-electron chi connectivity index (χ3n) is 15.4. The largest absolute Gasteiger partial charge is 0.456 e. The van der Waals surface area contributed by atoms with Crippen molar-refractivity contribution in [1.29, 1.82) is 0 Å². The van der Waals surface area contributed by atoms with Gasteiger partial charge in [-0.3, -0.25) is 0 Å². The first-order valence-corrected chi connectivity index (χ1v) is 21.7. The summed E-state index contributed by atoms with van der Waals surface area (Å²) in [6.07, 6.45) is 6.75. The van der Waals surface area contributed by atoms with E-state index in [1.165, 1.54) is 109 Å². The van der Waals surface area contributed by atoms with Gasteiger partial charge in [-0.2, -0.15) is 0 Å². The molecule has 0 N–H and O–H groups in total. The van der Waals surface area contributed by atoms with Crippen molar-refractivity contribution in [3.8, 4) is 44.6 Å². The van der Waals surface area contributed by atoms with E-state index in [0.717, 1.165) is 34.2 Å². The van der Waals surface area contributed by atoms with Gasteiger partial charge in [-0.15, -0.1) is 0 Å². The Morgan fingerprint density at radius 3 is 1.97 bits per heavy atom. The van der Waals surface area contributed by atoms with Crippen molar-refractivity contribution in [1.82, 2.24) is 4.98 Å². The Morgan fingerprint density at radius 2 is 1.10 bits per heavy atom. The summed E-state index contributed by atoms with van der Waals surface area (Å²) < 4.78 is 6.33. The molecule has 59 heavy (non-hydrogen) atoms. The molecule has 4 fully saturated rings. The molecule has 10 aromatic rings. The van der Waals surface area contributed by atoms with Gasteiger partial charge in [-0.1, -0.05) is 133 Å². The third kappa shape index (κ3) is 4.39. The van der Waals surface area contributed by atoms with Gasteiger partial charge in [-0.05, 0) is 141 Å². The van der Waals surface area contributed by atoms with Crippen LogP contribution in [0, 0.1) is 23.7 Å². The number of pyridine rings is 1. The normalized spacial score (nSPS) is 22.6. The highest BCUT2D eigenvalue weighted by Crippen LogP contribution is 2.71. The smallest absolute Gasteiger partial charge is 0.135 e. The molecule has 0 unspecified atom stereocenters. The maximum absolute atomic E-state index is 6.33. The molecule has 1 spiro atoms. The van der Waals surface area contributed by atoms with Crippen LogP contribution < -0.4 is 0 Å². The quantitative estimate of drug-likeness (QED) is 0.168. The molecule has 2 heterocycles. The third-order valence-corrected chi connectivity index (χ3v) is 15.4. The van der Waals surface area contributed by atoms with Crippen LogP contribution in [0.25, 0.3) is 99.0 Å². The van der Waals surface area contributed by atoms with Crippen LogP contribution in [0.3, 0.4) is 0 Å². The zero-order valence-electron chi connectivity index (χ0n) is 32.8. The standard InChI is InChI=1S/C57H41NO/c1-2-11-37-30-39(21-19-35(37)9-1)56-49(32-40-22-20-36-10-3-4-12-44(36)55(40)58-56)46-15-7-16-47-53-43(38-23-24-52-48(31-38)45-13-5-6-18-51(45)59-52)14-8-17-50(53)57(54(46)47)41-26-33-25-34(28-41)29-42(57)27-33/h1-24,30-34,41-42H,25-29H2. The van der Waals surface area contributed by atoms with E-state index in [1.807, 2.05) is 0 Å². The van der Waals surface area contributed by atoms with Gasteiger partial charge in [0.1, 0.15) is 11.2 Å². The second-order valence-electron chi connectivity index (χ2n) is 18.2. The zero-order chi connectivity index (χ0) is 38.4. The van der Waals surface area contributed by atoms with Crippen molar-refractivity contribution >= 4 is 54.4 Å². The number of para-hydroxylation sites is 1. The predicted molar refractivity (Wildman–Crippen MR) is 244 cm³/mol. The molecule has 8 aromatic carbocycles. The van der Waals surface area contributed by atoms with Gasteiger partial charge in [-0.25, -0.2) is 4.98 Å². The molecule has 0 amide bonds. The maximum Gasteiger partial charge on any atom is 0.135 e. The van der Waals surface area contributed by atoms with E-state index >= 15 is 0 Å². The van der Waals surface area contributed by atoms with E-state index in [1.54, 1.807) is 11.1 Å². The Kier molecular flexibility index (Phi) is 6.49. The molecule has 2 aromatic heterocycles. The minimum Gasteiger partial charge on any atom is -0.456 e. The lowest BCUT2D eigenvalue weighted by atomic mass is 9.42. The van der Waals surface area contributed by atoms with Gasteiger partial charge in [0.15, 0.2) is 0 Å². The van der Waals surface area contributed by atoms with Crippen LogP contribution in [0.1, 0.15) is 43.2 Å². The van der Waals surface area contributed by atoms with E-state index in [-0.39, 0.29) is 5.41 Å². The molecule has 4 bridgehead atoms. The van der Waals surface area contributed by atoms with Crippen LogP contribution in [0.5, 0.6) is 0 Å². The molecule has 5 aliphatic rings. The van der Waals surface area contributed by atoms with Crippen LogP contribution in [0.4, 0.5) is 0 Å². The highest BCUT2D eigenvalue weighted by molar-refractivity contribution is 6.10. The molecule has 0 atom stereocenters. The maximum atomic E-state index is 6.33. The first-order chi connectivity index (χ1) is 29.2. The number of furan rings is 1. The second-order valence-corrected chi connectivity index (χ2v) is 18.2. The monoisotopic (exact) mass is 755 g/mol. The van der Waals surface area contributed by atoms with Crippen molar-refractivity contribution in [3.05, 3.63) is 175 Å². The van der Waals surface area contributed by atoms with Gasteiger partial charge in [0, 0.05) is 38.1 Å². The van der Waals surface area contributed by atoms with Crippen molar-refractivity contribution in [2.24, 2.45) is 23.7 Å². The Bertz CT molecular complexity index is 3390. The van der Waals surface area contributed by atoms with E-state index in [9.17, 15) is 0 Å². The van der Waals surface area contributed by atoms with Crippen molar-refractivity contribution < 1.29 is 4.42 Å². The van der Waals surface area contributed by atoms with Gasteiger partial charge in [0.25, 0.3) is 0 Å². The summed E-state index contributed by atoms with van der Waals surface area (Å²) in [5.41, 5.74) is 16.3. The minimum atomic E-state index is -0.0455. The first kappa shape index (κ1) is 32.4. The predicted octanol–water partition coefficient (Wildman–Crippen LogP) is 15.2. The molecule has 280 valence electrons. The van der Waals surface area contributed by atoms with Crippen LogP contribution in [0.2, 0.25) is 0 Å². The van der Waals surface area contributed by atoms with Gasteiger partial charge >= 0.3 is 0 Å². The van der Waals surface area contributed by atoms with Crippen molar-refractivity contribution in [2.75, 3.05) is 0 Å². The summed E-state index contributed by atoms with van der Waals surface area (Å²) in [5, 5.41) is 8.47. The number of hydrogen-bond acceptors (Lipinski definition) is 2. The molecule has 15 rings (SSSR count). The van der Waals surface area contributed by atoms with Gasteiger partial charge in [0.2, 0.25) is 0 Å². The lowest BCUT2D eigenvalue weighted by Gasteiger charge is -2.61. The lowest BCUT2D eigenvalue weighted by molar-refractivity contribution is -0.0397. The summed E-state index contributed by atoms with van der Waals surface area (Å²) in [7, 11) is 0. The lowest BCUT2D eigenvalue weighted by Crippen LogP contribution is -2.55. The molecule has 4 saturated carbocycles. The van der Waals surface area contributed by atoms with E-state index in [2.05, 4.69) is 164 Å². The Hall–Kier alpha value is -6.51. The van der Waals surface area contributed by atoms with Crippen LogP contribution >= 0.6 is 0 Å². The average Bonchev–Trinajstić information content (AvgIpc) is 3.81. The number of hydrogen-bond donors (Lipinski definition) is 0. The molecular formula is C57H41NO. The fourth-order valence-electron chi connectivity index (χ4n) is 13.3. The van der Waals surface area contributed by atoms with Gasteiger partial charge < -0.3 is 4.42 Å². The van der Waals surface area contributed by atoms with E-state index in [0.29, 0.717) is 11.8 Å². The summed E-state index contributed by atoms with van der Waals surface area (Å²) in [4.78, 5) is 5.76. The van der Waals surface area contributed by atoms with E-state index < -0.39 is 0 Å². The molecule has 2 heteroatoms. The summed E-state index contributed by atoms with van der Waals surface area (Å²) in [6.45, 7) is 0. The number of fused-ring (bicyclic) bond motifs is 10. The van der Waals surface area contributed by atoms with Crippen LogP contribution in [0.15, 0.2) is 168 Å². The van der Waals surface area contributed by atoms with Crippen LogP contribution in [-0.4, -0.2) is 4.98 Å². The van der Waals surface area contributed by atoms with Gasteiger partial charge in [0.05, 0.1) is 11.2 Å². The fourth-order valence-corrected chi connectivity index (χ4v) is 13.3. The molecule has 0 aliphatic heterocycles. The number of rotatable bonds is 3. The fraction of sp³-hybridized carbons (Fsp3) is 0.175.